The molecule has 0 amide bonds. The Balaban J connectivity index is 3.04. The zero-order valence-electron chi connectivity index (χ0n) is 6.22. The number of nitrogen functional groups attached to an aromatic ring is 1. The first-order chi connectivity index (χ1) is 5.65. The smallest absolute Gasteiger partial charge is 0.0693 e. The van der Waals surface area contributed by atoms with E-state index in [-0.39, 0.29) is 0 Å². The average Bonchev–Trinajstić information content (AvgIpc) is 2.01. The number of anilines is 1. The van der Waals surface area contributed by atoms with E-state index in [1.165, 1.54) is 6.54 Å². The lowest BCUT2D eigenvalue weighted by Gasteiger charge is -2.04. The third kappa shape index (κ3) is 2.03. The molecule has 0 aromatic heterocycles. The molecule has 2 radical (unpaired) electrons. The van der Waals surface area contributed by atoms with Crippen molar-refractivity contribution in [1.82, 2.24) is 0 Å². The Morgan fingerprint density at radius 1 is 1.17 bits per heavy atom. The summed E-state index contributed by atoms with van der Waals surface area (Å²) in [6, 6.07) is 3.40. The van der Waals surface area contributed by atoms with Crippen molar-refractivity contribution in [3.63, 3.8) is 0 Å². The molecule has 0 saturated carbocycles. The normalized spacial score (nSPS) is 10.2. The zero-order chi connectivity index (χ0) is 9.14. The molecule has 0 atom stereocenters. The highest BCUT2D eigenvalue weighted by molar-refractivity contribution is 6.38. The molecule has 1 aromatic carbocycles. The Hall–Kier alpha value is -0.440. The Bertz CT molecular complexity index is 263. The Labute approximate surface area is 81.4 Å². The van der Waals surface area contributed by atoms with E-state index < -0.39 is 0 Å². The number of hydrogen-bond acceptors (Lipinski definition) is 2. The van der Waals surface area contributed by atoms with Crippen molar-refractivity contribution in [3.05, 3.63) is 40.7 Å². The first-order valence-corrected chi connectivity index (χ1v) is 4.03. The maximum atomic E-state index is 5.77. The molecule has 0 aliphatic rings. The minimum Gasteiger partial charge on any atom is -0.396 e. The van der Waals surface area contributed by atoms with Crippen molar-refractivity contribution in [2.45, 2.75) is 0 Å². The molecular formula is C8H8Cl2N2. The van der Waals surface area contributed by atoms with Crippen molar-refractivity contribution < 1.29 is 0 Å². The van der Waals surface area contributed by atoms with Gasteiger partial charge in [0, 0.05) is 13.0 Å². The van der Waals surface area contributed by atoms with Crippen LogP contribution in [0, 0.1) is 13.0 Å². The molecular weight excluding hydrogens is 195 g/mol. The highest BCUT2D eigenvalue weighted by Crippen LogP contribution is 2.29. The molecule has 64 valence electrons. The van der Waals surface area contributed by atoms with Crippen LogP contribution in [-0.2, 0) is 0 Å². The van der Waals surface area contributed by atoms with E-state index in [0.29, 0.717) is 15.7 Å². The lowest BCUT2D eigenvalue weighted by molar-refractivity contribution is 1.32. The van der Waals surface area contributed by atoms with Crippen LogP contribution in [0.25, 0.3) is 0 Å². The maximum absolute atomic E-state index is 5.77. The highest BCUT2D eigenvalue weighted by atomic mass is 35.5. The van der Waals surface area contributed by atoms with E-state index in [9.17, 15) is 0 Å². The van der Waals surface area contributed by atoms with Crippen molar-refractivity contribution in [3.8, 4) is 0 Å². The van der Waals surface area contributed by atoms with E-state index in [1.807, 2.05) is 0 Å². The van der Waals surface area contributed by atoms with Crippen molar-refractivity contribution in [1.29, 1.82) is 0 Å². The highest BCUT2D eigenvalue weighted by Gasteiger charge is 2.03. The summed E-state index contributed by atoms with van der Waals surface area (Å²) >= 11 is 11.5. The lowest BCUT2D eigenvalue weighted by atomic mass is 10.1. The van der Waals surface area contributed by atoms with Crippen LogP contribution in [-0.4, -0.2) is 0 Å². The minimum absolute atomic E-state index is 0.396. The summed E-state index contributed by atoms with van der Waals surface area (Å²) in [5, 5.41) is 0.881. The molecule has 0 aliphatic carbocycles. The predicted octanol–water partition coefficient (Wildman–Crippen LogP) is 2.25. The van der Waals surface area contributed by atoms with Gasteiger partial charge in [0.05, 0.1) is 15.7 Å². The van der Waals surface area contributed by atoms with Gasteiger partial charge in [-0.3, -0.25) is 0 Å². The lowest BCUT2D eigenvalue weighted by Crippen LogP contribution is -1.94. The Morgan fingerprint density at radius 3 is 2.08 bits per heavy atom. The molecule has 4 N–H and O–H groups in total. The van der Waals surface area contributed by atoms with E-state index >= 15 is 0 Å². The van der Waals surface area contributed by atoms with Crippen molar-refractivity contribution >= 4 is 28.9 Å². The monoisotopic (exact) mass is 202 g/mol. The van der Waals surface area contributed by atoms with Crippen LogP contribution in [0.1, 0.15) is 5.56 Å². The van der Waals surface area contributed by atoms with Gasteiger partial charge in [0.1, 0.15) is 0 Å². The van der Waals surface area contributed by atoms with Gasteiger partial charge in [-0.05, 0) is 17.7 Å². The topological polar surface area (TPSA) is 52.0 Å². The van der Waals surface area contributed by atoms with Gasteiger partial charge in [-0.25, -0.2) is 0 Å². The molecule has 0 spiro atoms. The first kappa shape index (κ1) is 9.65. The quantitative estimate of drug-likeness (QED) is 0.724. The van der Waals surface area contributed by atoms with Gasteiger partial charge in [0.25, 0.3) is 0 Å². The molecule has 4 heteroatoms. The fraction of sp³-hybridized carbons (Fsp3) is 0. The molecule has 2 nitrogen and oxygen atoms in total. The van der Waals surface area contributed by atoms with Crippen LogP contribution in [0.2, 0.25) is 10.0 Å². The Kier molecular flexibility index (Phi) is 3.20. The van der Waals surface area contributed by atoms with Gasteiger partial charge in [-0.15, -0.1) is 0 Å². The molecule has 0 bridgehead atoms. The van der Waals surface area contributed by atoms with Crippen LogP contribution in [0.4, 0.5) is 5.69 Å². The largest absolute Gasteiger partial charge is 0.396 e. The number of rotatable bonds is 2. The van der Waals surface area contributed by atoms with Gasteiger partial charge >= 0.3 is 0 Å². The van der Waals surface area contributed by atoms with E-state index in [0.717, 1.165) is 5.56 Å². The summed E-state index contributed by atoms with van der Waals surface area (Å²) < 4.78 is 0. The molecule has 1 rings (SSSR count). The number of benzene rings is 1. The molecule has 12 heavy (non-hydrogen) atoms. The van der Waals surface area contributed by atoms with Crippen LogP contribution in [0.15, 0.2) is 12.1 Å². The van der Waals surface area contributed by atoms with Crippen LogP contribution >= 0.6 is 23.2 Å². The summed E-state index contributed by atoms with van der Waals surface area (Å²) in [7, 11) is 0. The number of hydrogen-bond donors (Lipinski definition) is 2. The van der Waals surface area contributed by atoms with Gasteiger partial charge in [-0.2, -0.15) is 0 Å². The fourth-order valence-corrected chi connectivity index (χ4v) is 1.32. The molecule has 0 unspecified atom stereocenters. The van der Waals surface area contributed by atoms with Crippen molar-refractivity contribution in [2.75, 3.05) is 5.73 Å². The van der Waals surface area contributed by atoms with Crippen LogP contribution in [0.5, 0.6) is 0 Å². The van der Waals surface area contributed by atoms with E-state index in [1.54, 1.807) is 18.6 Å². The van der Waals surface area contributed by atoms with Crippen LogP contribution < -0.4 is 11.5 Å². The van der Waals surface area contributed by atoms with Crippen molar-refractivity contribution in [2.24, 2.45) is 5.73 Å². The van der Waals surface area contributed by atoms with Gasteiger partial charge < -0.3 is 11.5 Å². The van der Waals surface area contributed by atoms with E-state index in [4.69, 9.17) is 34.7 Å². The SMILES string of the molecule is N[CH][CH]c1cc(Cl)c(N)c(Cl)c1. The molecule has 0 heterocycles. The second kappa shape index (κ2) is 3.99. The summed E-state index contributed by atoms with van der Waals surface area (Å²) in [6.45, 7) is 1.41. The second-order valence-corrected chi connectivity index (χ2v) is 3.07. The molecule has 0 aliphatic heterocycles. The predicted molar refractivity (Wildman–Crippen MR) is 52.8 cm³/mol. The summed E-state index contributed by atoms with van der Waals surface area (Å²) in [5.74, 6) is 0. The van der Waals surface area contributed by atoms with Gasteiger partial charge in [0.2, 0.25) is 0 Å². The Morgan fingerprint density at radius 2 is 1.67 bits per heavy atom. The second-order valence-electron chi connectivity index (χ2n) is 2.26. The van der Waals surface area contributed by atoms with Gasteiger partial charge in [0.15, 0.2) is 0 Å². The van der Waals surface area contributed by atoms with Gasteiger partial charge in [-0.1, -0.05) is 23.2 Å². The standard InChI is InChI=1S/C8H8Cl2N2/c9-6-3-5(1-2-11)4-7(10)8(6)12/h1-4H,11-12H2. The third-order valence-electron chi connectivity index (χ3n) is 1.39. The minimum atomic E-state index is 0.396. The fourth-order valence-electron chi connectivity index (χ4n) is 0.811. The maximum Gasteiger partial charge on any atom is 0.0693 e. The third-order valence-corrected chi connectivity index (χ3v) is 2.02. The van der Waals surface area contributed by atoms with Crippen LogP contribution in [0.3, 0.4) is 0 Å². The molecule has 0 saturated heterocycles. The molecule has 0 fully saturated rings. The summed E-state index contributed by atoms with van der Waals surface area (Å²) in [4.78, 5) is 0. The van der Waals surface area contributed by atoms with E-state index in [2.05, 4.69) is 0 Å². The summed E-state index contributed by atoms with van der Waals surface area (Å²) in [5.41, 5.74) is 12.0. The number of nitrogens with two attached hydrogens (primary N) is 2. The first-order valence-electron chi connectivity index (χ1n) is 3.28. The zero-order valence-corrected chi connectivity index (χ0v) is 7.73. The molecule has 1 aromatic rings. The average molecular weight is 203 g/mol. The number of halogens is 2. The summed E-state index contributed by atoms with van der Waals surface area (Å²) in [6.07, 6.45) is 1.69.